The topological polar surface area (TPSA) is 287 Å². The highest BCUT2D eigenvalue weighted by atomic mass is 32.1. The van der Waals surface area contributed by atoms with Crippen molar-refractivity contribution in [2.24, 2.45) is 84.1 Å². The number of hydrogen-bond donors (Lipinski definition) is 4. The van der Waals surface area contributed by atoms with Gasteiger partial charge in [0.15, 0.2) is 11.6 Å². The van der Waals surface area contributed by atoms with Crippen LogP contribution in [0.1, 0.15) is 236 Å². The van der Waals surface area contributed by atoms with Crippen molar-refractivity contribution in [1.29, 1.82) is 0 Å². The highest BCUT2D eigenvalue weighted by Gasteiger charge is 2.41. The third-order valence-electron chi connectivity index (χ3n) is 21.4. The number of rotatable bonds is 47. The van der Waals surface area contributed by atoms with E-state index in [0.717, 1.165) is 55.4 Å². The summed E-state index contributed by atoms with van der Waals surface area (Å²) >= 11 is 2.78. The minimum Gasteiger partial charge on any atom is -0.508 e. The molecular formula is C81H128N14O9S2. The zero-order chi connectivity index (χ0) is 78.3. The Morgan fingerprint density at radius 3 is 1.59 bits per heavy atom. The fourth-order valence-electron chi connectivity index (χ4n) is 14.2. The van der Waals surface area contributed by atoms with Crippen molar-refractivity contribution in [3.63, 3.8) is 0 Å². The Kier molecular flexibility index (Phi) is 38.8. The van der Waals surface area contributed by atoms with Crippen LogP contribution in [0.25, 0.3) is 0 Å². The lowest BCUT2D eigenvalue weighted by Gasteiger charge is -2.39. The smallest absolute Gasteiger partial charge is 0.271 e. The van der Waals surface area contributed by atoms with E-state index in [9.17, 15) is 33.9 Å². The molecule has 2 aliphatic heterocycles. The van der Waals surface area contributed by atoms with E-state index in [2.05, 4.69) is 156 Å². The molecule has 0 saturated heterocycles. The van der Waals surface area contributed by atoms with E-state index in [1.54, 1.807) is 35.0 Å². The lowest BCUT2D eigenvalue weighted by atomic mass is 9.82. The number of hydrogen-bond acceptors (Lipinski definition) is 21. The maximum Gasteiger partial charge on any atom is 0.271 e. The Hall–Kier alpha value is -6.90. The normalized spacial score (nSPS) is 17.1. The first-order chi connectivity index (χ1) is 50.6. The van der Waals surface area contributed by atoms with Crippen molar-refractivity contribution < 1.29 is 43.3 Å². The van der Waals surface area contributed by atoms with E-state index in [1.165, 1.54) is 22.7 Å². The first-order valence-electron chi connectivity index (χ1n) is 39.0. The molecule has 2 aromatic heterocycles. The molecule has 4 N–H and O–H groups in total. The first-order valence-corrected chi connectivity index (χ1v) is 40.8. The maximum absolute atomic E-state index is 14.7. The Morgan fingerprint density at radius 1 is 0.575 bits per heavy atom. The van der Waals surface area contributed by atoms with Crippen molar-refractivity contribution in [2.45, 2.75) is 243 Å². The van der Waals surface area contributed by atoms with Gasteiger partial charge in [-0.15, -0.1) is 32.9 Å². The average Bonchev–Trinajstić information content (AvgIpc) is 1.36. The molecule has 2 aliphatic rings. The number of phenolic OH excluding ortho intramolecular Hbond substituents is 1. The van der Waals surface area contributed by atoms with E-state index in [0.29, 0.717) is 86.4 Å². The second-order valence-corrected chi connectivity index (χ2v) is 31.9. The molecule has 23 nitrogen and oxygen atoms in total. The van der Waals surface area contributed by atoms with Crippen LogP contribution >= 0.6 is 22.7 Å². The van der Waals surface area contributed by atoms with Crippen LogP contribution in [-0.4, -0.2) is 174 Å². The summed E-state index contributed by atoms with van der Waals surface area (Å²) in [5.74, 6) is -0.260. The molecule has 0 saturated carbocycles. The zero-order valence-corrected chi connectivity index (χ0v) is 69.0. The summed E-state index contributed by atoms with van der Waals surface area (Å²) in [5.41, 5.74) is 4.23. The number of carbonyl (C=O) groups is 6. The lowest BCUT2D eigenvalue weighted by Crippen LogP contribution is -2.50. The summed E-state index contributed by atoms with van der Waals surface area (Å²) in [7, 11) is 7.56. The fraction of sp³-hybridized carbons (Fsp3) is 0.679. The summed E-state index contributed by atoms with van der Waals surface area (Å²) < 4.78 is 12.7. The number of thiazole rings is 2. The third-order valence-corrected chi connectivity index (χ3v) is 23.2. The number of nitrogens with zero attached hydrogens (tertiary/aromatic N) is 11. The largest absolute Gasteiger partial charge is 0.508 e. The van der Waals surface area contributed by atoms with Crippen molar-refractivity contribution in [3.8, 4) is 5.75 Å². The minimum atomic E-state index is -0.460. The van der Waals surface area contributed by atoms with E-state index >= 15 is 0 Å². The zero-order valence-electron chi connectivity index (χ0n) is 67.3. The number of phenols is 1. The number of Topliss-reactive ketones (excluding diaryl/α,β-unsaturated/α-hetero) is 2. The number of aromatic nitrogens is 2. The molecule has 4 heterocycles. The molecule has 15 atom stereocenters. The number of amides is 4. The minimum absolute atomic E-state index is 0.0236. The predicted molar refractivity (Wildman–Crippen MR) is 426 cm³/mol. The molecule has 4 aromatic rings. The van der Waals surface area contributed by atoms with Crippen LogP contribution in [0.5, 0.6) is 5.75 Å². The van der Waals surface area contributed by atoms with Crippen molar-refractivity contribution in [2.75, 3.05) is 61.0 Å². The van der Waals surface area contributed by atoms with Gasteiger partial charge in [-0.1, -0.05) is 172 Å². The second kappa shape index (κ2) is 45.8. The Morgan fingerprint density at radius 2 is 1.09 bits per heavy atom. The molecule has 0 aliphatic carbocycles. The van der Waals surface area contributed by atoms with Crippen LogP contribution in [0.4, 0.5) is 0 Å². The van der Waals surface area contributed by atoms with Crippen LogP contribution in [0.15, 0.2) is 96.2 Å². The van der Waals surface area contributed by atoms with E-state index in [1.807, 2.05) is 74.9 Å². The molecular weight excluding hydrogens is 1380 g/mol. The van der Waals surface area contributed by atoms with Crippen LogP contribution in [0, 0.1) is 53.3 Å². The van der Waals surface area contributed by atoms with Gasteiger partial charge in [0.1, 0.15) is 52.5 Å². The number of ether oxygens (including phenoxy) is 2. The van der Waals surface area contributed by atoms with Gasteiger partial charge in [0.25, 0.3) is 11.8 Å². The average molecular weight is 1510 g/mol. The quantitative estimate of drug-likeness (QED) is 0.0320. The van der Waals surface area contributed by atoms with Crippen LogP contribution in [0.2, 0.25) is 0 Å². The number of likely N-dealkylation sites (N-methyl/N-ethyl adjacent to an activating group) is 2. The standard InChI is InChI=1S/C42H67N7O4S.C39H61N7O5S/c1-11-20-49(42(52)33(28(7)12-2)23-37(50)39(43-10)29(8)13-3)36(27(5)6)24-38(53-14-4)41-46-35(26-54-41)40(51)45-32(22-31-18-16-15-17-19-31)21-30(9)34-25-44-48-47-34;1-11-18-51-35(21-33(24(4)5)46(10)39(50)29(25(6)12-2)20-34(48)36(45(8)9)26(7)13-3)38-42-32(23-52-38)37(49)41-30(31-22-40-44-43-31)19-27-14-16-28(47)17-15-27/h15-19,26-30,32-33,36,38-39,43H,11-14,20-25H2,1-10H3,(H,45,51);14-17,23-26,29-30,33,35-36,47H,11-13,18-22H2,1-10H3,(H,41,49)/t28-,29-,30-,32+,33-,36+,38+,39+;25-,26-,29-,30-,33+,35+,36+/m00/s1. The van der Waals surface area contributed by atoms with Crippen molar-refractivity contribution in [1.82, 2.24) is 40.6 Å². The van der Waals surface area contributed by atoms with E-state index in [4.69, 9.17) is 19.4 Å². The van der Waals surface area contributed by atoms with Crippen LogP contribution < -0.4 is 16.0 Å². The van der Waals surface area contributed by atoms with Gasteiger partial charge in [0, 0.05) is 99.1 Å². The summed E-state index contributed by atoms with van der Waals surface area (Å²) in [4.78, 5) is 99.2. The Bertz CT molecular complexity index is 3470. The summed E-state index contributed by atoms with van der Waals surface area (Å²) in [6.07, 6.45) is 7.37. The summed E-state index contributed by atoms with van der Waals surface area (Å²) in [5, 5.41) is 48.0. The fourth-order valence-corrected chi connectivity index (χ4v) is 15.9. The molecule has 0 spiro atoms. The van der Waals surface area contributed by atoms with Gasteiger partial charge in [0.2, 0.25) is 11.8 Å². The SMILES string of the molecule is CCCN(C(=O)[C@@H](CC(=O)[C@H](NC)[C@@H](C)CC)[C@@H](C)CC)[C@H](C[C@@H](OCC)c1nc(C(=O)N[C@@H](Cc2ccccc2)C[C@H](C)C2=NN=NC2)cs1)C(C)C.CCCO[C@H](C[C@H](C(C)C)N(C)C(=O)[C@@H](CC(=O)[C@@H]([C@@H](C)CC)N(C)C)[C@@H](C)CC)c1nc(C(=O)N[C@@H](Cc2ccc(O)cc2)C2=NN=NC2)cs1. The van der Waals surface area contributed by atoms with Crippen molar-refractivity contribution in [3.05, 3.63) is 97.9 Å². The Labute approximate surface area is 641 Å². The molecule has 0 bridgehead atoms. The Balaban J connectivity index is 0.000000381. The van der Waals surface area contributed by atoms with Crippen LogP contribution in [-0.2, 0) is 41.5 Å². The monoisotopic (exact) mass is 1500 g/mol. The number of nitrogens with one attached hydrogen (secondary N) is 3. The molecule has 25 heteroatoms. The van der Waals surface area contributed by atoms with Gasteiger partial charge in [-0.2, -0.15) is 10.2 Å². The van der Waals surface area contributed by atoms with E-state index in [-0.39, 0.29) is 131 Å². The van der Waals surface area contributed by atoms with Gasteiger partial charge < -0.3 is 40.3 Å². The molecule has 588 valence electrons. The lowest BCUT2D eigenvalue weighted by molar-refractivity contribution is -0.144. The van der Waals surface area contributed by atoms with Gasteiger partial charge in [-0.25, -0.2) is 9.97 Å². The van der Waals surface area contributed by atoms with Crippen molar-refractivity contribution >= 4 is 69.3 Å². The second-order valence-electron chi connectivity index (χ2n) is 30.1. The number of carbonyl (C=O) groups excluding carboxylic acids is 6. The molecule has 2 aromatic carbocycles. The molecule has 0 unspecified atom stereocenters. The molecule has 4 amide bonds. The molecule has 0 radical (unpaired) electrons. The maximum atomic E-state index is 14.7. The van der Waals surface area contributed by atoms with Gasteiger partial charge in [-0.3, -0.25) is 33.7 Å². The highest BCUT2D eigenvalue weighted by molar-refractivity contribution is 7.10. The number of benzene rings is 2. The van der Waals surface area contributed by atoms with Gasteiger partial charge >= 0.3 is 0 Å². The predicted octanol–water partition coefficient (Wildman–Crippen LogP) is 15.3. The third kappa shape index (κ3) is 26.7. The number of aromatic hydroxyl groups is 1. The van der Waals surface area contributed by atoms with Gasteiger partial charge in [-0.05, 0) is 129 Å². The molecule has 6 rings (SSSR count). The molecule has 106 heavy (non-hydrogen) atoms. The summed E-state index contributed by atoms with van der Waals surface area (Å²) in [6, 6.07) is 15.5. The number of ketones is 2. The first kappa shape index (κ1) is 89.7. The highest BCUT2D eigenvalue weighted by Crippen LogP contribution is 2.36. The van der Waals surface area contributed by atoms with E-state index < -0.39 is 30.1 Å². The van der Waals surface area contributed by atoms with Gasteiger partial charge in [0.05, 0.1) is 29.5 Å². The van der Waals surface area contributed by atoms with Crippen LogP contribution in [0.3, 0.4) is 0 Å². The molecule has 0 fully saturated rings. The summed E-state index contributed by atoms with van der Waals surface area (Å²) in [6.45, 7) is 35.7.